The van der Waals surface area contributed by atoms with Gasteiger partial charge in [0.15, 0.2) is 0 Å². The van der Waals surface area contributed by atoms with Crippen molar-refractivity contribution in [2.24, 2.45) is 0 Å². The maximum atomic E-state index is 5.58. The Labute approximate surface area is 87.5 Å². The van der Waals surface area contributed by atoms with Gasteiger partial charge in [-0.3, -0.25) is 0 Å². The molecule has 1 unspecified atom stereocenters. The van der Waals surface area contributed by atoms with E-state index < -0.39 is 0 Å². The number of thioether (sulfide) groups is 1. The molecule has 14 heavy (non-hydrogen) atoms. The number of hydrogen-bond acceptors (Lipinski definition) is 2. The van der Waals surface area contributed by atoms with Crippen LogP contribution < -0.4 is 4.74 Å². The molecule has 70 valence electrons. The molecule has 3 rings (SSSR count). The fraction of sp³-hybridized carbons (Fsp3) is 0.167. The van der Waals surface area contributed by atoms with Crippen LogP contribution in [0.2, 0.25) is 0 Å². The Kier molecular flexibility index (Phi) is 1.88. The van der Waals surface area contributed by atoms with Gasteiger partial charge in [0.05, 0.1) is 6.26 Å². The number of hydrogen-bond donors (Lipinski definition) is 0. The van der Waals surface area contributed by atoms with Gasteiger partial charge in [-0.05, 0) is 17.0 Å². The van der Waals surface area contributed by atoms with E-state index in [1.165, 1.54) is 11.1 Å². The number of ether oxygens (including phenoxy) is 1. The van der Waals surface area contributed by atoms with Crippen molar-refractivity contribution in [2.45, 2.75) is 5.92 Å². The summed E-state index contributed by atoms with van der Waals surface area (Å²) in [5.74, 6) is 2.49. The monoisotopic (exact) mass is 202 g/mol. The lowest BCUT2D eigenvalue weighted by Gasteiger charge is -2.26. The minimum atomic E-state index is 0.446. The molecular formula is C12H10OS. The van der Waals surface area contributed by atoms with Gasteiger partial charge >= 0.3 is 0 Å². The lowest BCUT2D eigenvalue weighted by Crippen LogP contribution is -2.12. The van der Waals surface area contributed by atoms with Crippen LogP contribution in [-0.4, -0.2) is 5.75 Å². The maximum absolute atomic E-state index is 5.58. The predicted molar refractivity (Wildman–Crippen MR) is 59.5 cm³/mol. The highest BCUT2D eigenvalue weighted by molar-refractivity contribution is 8.02. The largest absolute Gasteiger partial charge is 0.465 e. The van der Waals surface area contributed by atoms with Crippen molar-refractivity contribution >= 4 is 11.8 Å². The summed E-state index contributed by atoms with van der Waals surface area (Å²) >= 11 is 1.83. The van der Waals surface area contributed by atoms with Crippen LogP contribution in [0.25, 0.3) is 0 Å². The first kappa shape index (κ1) is 8.18. The predicted octanol–water partition coefficient (Wildman–Crippen LogP) is 3.31. The second-order valence-electron chi connectivity index (χ2n) is 3.47. The molecule has 1 aromatic rings. The highest BCUT2D eigenvalue weighted by Gasteiger charge is 2.23. The number of fused-ring (bicyclic) bond motifs is 3. The van der Waals surface area contributed by atoms with Gasteiger partial charge in [0.1, 0.15) is 5.75 Å². The Morgan fingerprint density at radius 3 is 3.21 bits per heavy atom. The van der Waals surface area contributed by atoms with Gasteiger partial charge in [-0.1, -0.05) is 24.3 Å². The highest BCUT2D eigenvalue weighted by Crippen LogP contribution is 2.40. The molecular weight excluding hydrogens is 192 g/mol. The second-order valence-corrected chi connectivity index (χ2v) is 4.36. The Morgan fingerprint density at radius 2 is 2.21 bits per heavy atom. The smallest absolute Gasteiger partial charge is 0.130 e. The Hall–Kier alpha value is -1.15. The molecule has 1 aromatic carbocycles. The van der Waals surface area contributed by atoms with E-state index >= 15 is 0 Å². The van der Waals surface area contributed by atoms with E-state index in [2.05, 4.69) is 23.6 Å². The van der Waals surface area contributed by atoms with E-state index in [0.29, 0.717) is 5.92 Å². The number of benzene rings is 1. The number of allylic oxidation sites excluding steroid dienone is 1. The van der Waals surface area contributed by atoms with E-state index in [1.54, 1.807) is 0 Å². The third-order valence-corrected chi connectivity index (χ3v) is 3.46. The minimum Gasteiger partial charge on any atom is -0.465 e. The van der Waals surface area contributed by atoms with Gasteiger partial charge in [-0.15, -0.1) is 11.8 Å². The van der Waals surface area contributed by atoms with Gasteiger partial charge in [0.2, 0.25) is 0 Å². The molecule has 0 aromatic heterocycles. The summed E-state index contributed by atoms with van der Waals surface area (Å²) in [5.41, 5.74) is 2.66. The molecule has 0 bridgehead atoms. The van der Waals surface area contributed by atoms with Gasteiger partial charge < -0.3 is 4.74 Å². The van der Waals surface area contributed by atoms with Gasteiger partial charge in [-0.25, -0.2) is 0 Å². The van der Waals surface area contributed by atoms with Crippen molar-refractivity contribution in [3.05, 3.63) is 53.1 Å². The van der Waals surface area contributed by atoms with Crippen LogP contribution in [0.15, 0.2) is 47.6 Å². The normalized spacial score (nSPS) is 23.1. The van der Waals surface area contributed by atoms with E-state index in [-0.39, 0.29) is 0 Å². The summed E-state index contributed by atoms with van der Waals surface area (Å²) in [6, 6.07) is 8.26. The van der Waals surface area contributed by atoms with Crippen LogP contribution >= 0.6 is 11.8 Å². The molecule has 0 fully saturated rings. The molecule has 0 amide bonds. The van der Waals surface area contributed by atoms with Crippen LogP contribution in [0.1, 0.15) is 11.5 Å². The topological polar surface area (TPSA) is 9.23 Å². The summed E-state index contributed by atoms with van der Waals surface area (Å²) in [7, 11) is 0. The van der Waals surface area contributed by atoms with Crippen molar-refractivity contribution in [3.63, 3.8) is 0 Å². The summed E-state index contributed by atoms with van der Waals surface area (Å²) in [4.78, 5) is 0. The highest BCUT2D eigenvalue weighted by atomic mass is 32.2. The third-order valence-electron chi connectivity index (χ3n) is 2.61. The van der Waals surface area contributed by atoms with E-state index in [0.717, 1.165) is 11.5 Å². The van der Waals surface area contributed by atoms with Gasteiger partial charge in [-0.2, -0.15) is 0 Å². The standard InChI is InChI=1S/C12H10OS/c1-2-4-12-11(3-1)10-5-6-14-8-9(10)7-13-12/h1-7,10H,8H2. The zero-order valence-electron chi connectivity index (χ0n) is 7.64. The van der Waals surface area contributed by atoms with E-state index in [1.807, 2.05) is 30.2 Å². The minimum absolute atomic E-state index is 0.446. The molecule has 1 atom stereocenters. The Balaban J connectivity index is 2.13. The van der Waals surface area contributed by atoms with E-state index in [4.69, 9.17) is 4.74 Å². The quantitative estimate of drug-likeness (QED) is 0.638. The molecule has 0 N–H and O–H groups in total. The molecule has 0 radical (unpaired) electrons. The maximum Gasteiger partial charge on any atom is 0.130 e. The van der Waals surface area contributed by atoms with Crippen LogP contribution in [0.3, 0.4) is 0 Å². The summed E-state index contributed by atoms with van der Waals surface area (Å²) < 4.78 is 5.58. The molecule has 1 nitrogen and oxygen atoms in total. The van der Waals surface area contributed by atoms with Crippen molar-refractivity contribution < 1.29 is 4.74 Å². The van der Waals surface area contributed by atoms with E-state index in [9.17, 15) is 0 Å². The van der Waals surface area contributed by atoms with Gasteiger partial charge in [0.25, 0.3) is 0 Å². The Bertz CT molecular complexity index is 420. The molecule has 0 saturated heterocycles. The summed E-state index contributed by atoms with van der Waals surface area (Å²) in [6.45, 7) is 0. The molecule has 0 saturated carbocycles. The molecule has 2 aliphatic rings. The number of rotatable bonds is 0. The molecule has 0 spiro atoms. The lowest BCUT2D eigenvalue weighted by molar-refractivity contribution is 0.451. The van der Waals surface area contributed by atoms with Crippen molar-refractivity contribution in [1.29, 1.82) is 0 Å². The zero-order valence-corrected chi connectivity index (χ0v) is 8.46. The molecule has 2 heteroatoms. The average Bonchev–Trinajstić information content (AvgIpc) is 2.29. The first-order valence-corrected chi connectivity index (χ1v) is 5.73. The molecule has 0 aliphatic carbocycles. The SMILES string of the molecule is C1=CC2C(=COc3ccccc32)CS1. The van der Waals surface area contributed by atoms with Crippen LogP contribution in [0.4, 0.5) is 0 Å². The second kappa shape index (κ2) is 3.21. The first-order valence-electron chi connectivity index (χ1n) is 4.68. The van der Waals surface area contributed by atoms with Crippen LogP contribution in [0.5, 0.6) is 5.75 Å². The zero-order chi connectivity index (χ0) is 9.38. The van der Waals surface area contributed by atoms with Gasteiger partial charge in [0, 0.05) is 17.2 Å². The van der Waals surface area contributed by atoms with Crippen molar-refractivity contribution in [3.8, 4) is 5.75 Å². The van der Waals surface area contributed by atoms with Crippen LogP contribution in [-0.2, 0) is 0 Å². The third kappa shape index (κ3) is 1.18. The summed E-state index contributed by atoms with van der Waals surface area (Å²) in [5, 5.41) is 2.18. The van der Waals surface area contributed by atoms with Crippen molar-refractivity contribution in [2.75, 3.05) is 5.75 Å². The molecule has 2 heterocycles. The van der Waals surface area contributed by atoms with Crippen LogP contribution in [0, 0.1) is 0 Å². The lowest BCUT2D eigenvalue weighted by atomic mass is 9.90. The fourth-order valence-corrected chi connectivity index (χ4v) is 2.69. The number of para-hydroxylation sites is 1. The summed E-state index contributed by atoms with van der Waals surface area (Å²) in [6.07, 6.45) is 4.16. The van der Waals surface area contributed by atoms with Crippen molar-refractivity contribution in [1.82, 2.24) is 0 Å². The first-order chi connectivity index (χ1) is 6.95. The molecule has 2 aliphatic heterocycles. The Morgan fingerprint density at radius 1 is 1.29 bits per heavy atom. The average molecular weight is 202 g/mol. The fourth-order valence-electron chi connectivity index (χ4n) is 1.89.